The first-order valence-corrected chi connectivity index (χ1v) is 7.39. The quantitative estimate of drug-likeness (QED) is 0.902. The summed E-state index contributed by atoms with van der Waals surface area (Å²) < 4.78 is 0. The molecule has 1 aromatic rings. The van der Waals surface area contributed by atoms with Crippen molar-refractivity contribution in [3.05, 3.63) is 34.9 Å². The number of piperidine rings is 2. The molecule has 2 bridgehead atoms. The topological polar surface area (TPSA) is 32.3 Å². The summed E-state index contributed by atoms with van der Waals surface area (Å²) in [4.78, 5) is 14.7. The van der Waals surface area contributed by atoms with Gasteiger partial charge < -0.3 is 10.2 Å². The smallest absolute Gasteiger partial charge is 0.251 e. The zero-order chi connectivity index (χ0) is 13.2. The lowest BCUT2D eigenvalue weighted by atomic mass is 9.85. The van der Waals surface area contributed by atoms with Gasteiger partial charge in [-0.1, -0.05) is 11.6 Å². The Morgan fingerprint density at radius 3 is 2.79 bits per heavy atom. The molecule has 0 saturated carbocycles. The van der Waals surface area contributed by atoms with Gasteiger partial charge in [0.25, 0.3) is 5.91 Å². The van der Waals surface area contributed by atoms with Crippen LogP contribution in [0.25, 0.3) is 0 Å². The number of carbonyl (C=O) groups is 1. The van der Waals surface area contributed by atoms with Crippen LogP contribution in [0.2, 0.25) is 5.02 Å². The van der Waals surface area contributed by atoms with Gasteiger partial charge in [0.05, 0.1) is 0 Å². The predicted octanol–water partition coefficient (Wildman–Crippen LogP) is 2.55. The van der Waals surface area contributed by atoms with Gasteiger partial charge in [-0.3, -0.25) is 4.79 Å². The maximum Gasteiger partial charge on any atom is 0.251 e. The maximum atomic E-state index is 12.2. The Morgan fingerprint density at radius 1 is 1.21 bits per heavy atom. The van der Waals surface area contributed by atoms with Crippen molar-refractivity contribution in [2.75, 3.05) is 19.6 Å². The molecule has 3 rings (SSSR count). The second-order valence-electron chi connectivity index (χ2n) is 5.58. The first-order valence-electron chi connectivity index (χ1n) is 7.01. The fourth-order valence-electron chi connectivity index (χ4n) is 3.22. The van der Waals surface area contributed by atoms with Crippen LogP contribution >= 0.6 is 11.6 Å². The lowest BCUT2D eigenvalue weighted by Crippen LogP contribution is -2.53. The van der Waals surface area contributed by atoms with Gasteiger partial charge >= 0.3 is 0 Å². The standard InChI is InChI=1S/C15H19ClN2O/c16-13-5-3-11(4-6-13)15(19)17-14-7-9-18-8-1-2-12(14)10-18/h3-6,12,14H,1-2,7-10H2,(H,17,19)/t12?,14-/m0/s1. The Kier molecular flexibility index (Phi) is 3.76. The summed E-state index contributed by atoms with van der Waals surface area (Å²) in [5.41, 5.74) is 0.697. The minimum atomic E-state index is 0.0284. The van der Waals surface area contributed by atoms with E-state index in [1.165, 1.54) is 19.4 Å². The van der Waals surface area contributed by atoms with E-state index in [1.807, 2.05) is 0 Å². The lowest BCUT2D eigenvalue weighted by molar-refractivity contribution is 0.0739. The molecule has 2 saturated heterocycles. The number of fused-ring (bicyclic) bond motifs is 2. The van der Waals surface area contributed by atoms with Crippen LogP contribution in [0, 0.1) is 5.92 Å². The van der Waals surface area contributed by atoms with Gasteiger partial charge in [0.15, 0.2) is 0 Å². The van der Waals surface area contributed by atoms with Gasteiger partial charge in [0.1, 0.15) is 0 Å². The highest BCUT2D eigenvalue weighted by Crippen LogP contribution is 2.26. The first kappa shape index (κ1) is 12.9. The largest absolute Gasteiger partial charge is 0.349 e. The number of amides is 1. The van der Waals surface area contributed by atoms with Crippen molar-refractivity contribution in [1.29, 1.82) is 0 Å². The van der Waals surface area contributed by atoms with Gasteiger partial charge in [0, 0.05) is 29.7 Å². The van der Waals surface area contributed by atoms with E-state index in [0.29, 0.717) is 22.5 Å². The second-order valence-corrected chi connectivity index (χ2v) is 6.01. The maximum absolute atomic E-state index is 12.2. The molecule has 0 aromatic heterocycles. The fourth-order valence-corrected chi connectivity index (χ4v) is 3.35. The molecule has 3 atom stereocenters. The molecular weight excluding hydrogens is 260 g/mol. The van der Waals surface area contributed by atoms with Crippen molar-refractivity contribution in [3.63, 3.8) is 0 Å². The molecule has 4 heteroatoms. The Balaban J connectivity index is 1.64. The molecule has 2 fully saturated rings. The van der Waals surface area contributed by atoms with E-state index >= 15 is 0 Å². The number of hydrogen-bond donors (Lipinski definition) is 1. The molecule has 0 radical (unpaired) electrons. The number of halogens is 1. The third-order valence-electron chi connectivity index (χ3n) is 4.29. The van der Waals surface area contributed by atoms with Gasteiger partial charge in [-0.2, -0.15) is 0 Å². The summed E-state index contributed by atoms with van der Waals surface area (Å²) in [7, 11) is 0. The van der Waals surface area contributed by atoms with Crippen molar-refractivity contribution in [2.24, 2.45) is 5.92 Å². The molecule has 102 valence electrons. The van der Waals surface area contributed by atoms with Crippen molar-refractivity contribution >= 4 is 17.5 Å². The van der Waals surface area contributed by atoms with E-state index in [1.54, 1.807) is 24.3 Å². The molecule has 3 nitrogen and oxygen atoms in total. The second kappa shape index (κ2) is 5.51. The third-order valence-corrected chi connectivity index (χ3v) is 4.54. The van der Waals surface area contributed by atoms with Crippen molar-refractivity contribution in [1.82, 2.24) is 10.2 Å². The van der Waals surface area contributed by atoms with Crippen molar-refractivity contribution in [2.45, 2.75) is 25.3 Å². The Hall–Kier alpha value is -1.06. The molecule has 1 aromatic carbocycles. The van der Waals surface area contributed by atoms with Gasteiger partial charge in [-0.05, 0) is 56.0 Å². The molecule has 1 N–H and O–H groups in total. The monoisotopic (exact) mass is 278 g/mol. The van der Waals surface area contributed by atoms with Crippen LogP contribution in [0.3, 0.4) is 0 Å². The van der Waals surface area contributed by atoms with Gasteiger partial charge in [-0.15, -0.1) is 0 Å². The van der Waals surface area contributed by atoms with Crippen LogP contribution in [0.15, 0.2) is 24.3 Å². The highest BCUT2D eigenvalue weighted by molar-refractivity contribution is 6.30. The molecule has 1 amide bonds. The average molecular weight is 279 g/mol. The first-order chi connectivity index (χ1) is 9.22. The molecule has 2 aliphatic rings. The minimum absolute atomic E-state index is 0.0284. The van der Waals surface area contributed by atoms with E-state index in [9.17, 15) is 4.79 Å². The summed E-state index contributed by atoms with van der Waals surface area (Å²) in [6.07, 6.45) is 3.57. The van der Waals surface area contributed by atoms with Crippen molar-refractivity contribution < 1.29 is 4.79 Å². The molecule has 2 unspecified atom stereocenters. The summed E-state index contributed by atoms with van der Waals surface area (Å²) in [6.45, 7) is 3.49. The van der Waals surface area contributed by atoms with E-state index in [0.717, 1.165) is 19.5 Å². The Morgan fingerprint density at radius 2 is 2.00 bits per heavy atom. The number of benzene rings is 1. The molecular formula is C15H19ClN2O. The molecule has 0 spiro atoms. The van der Waals surface area contributed by atoms with Crippen molar-refractivity contribution in [3.8, 4) is 0 Å². The molecule has 19 heavy (non-hydrogen) atoms. The third kappa shape index (κ3) is 2.93. The van der Waals surface area contributed by atoms with Crippen LogP contribution < -0.4 is 5.32 Å². The van der Waals surface area contributed by atoms with Crippen LogP contribution in [-0.4, -0.2) is 36.5 Å². The summed E-state index contributed by atoms with van der Waals surface area (Å²) in [6, 6.07) is 7.43. The van der Waals surface area contributed by atoms with Gasteiger partial charge in [0.2, 0.25) is 0 Å². The number of hydrogen-bond acceptors (Lipinski definition) is 2. The molecule has 2 aliphatic heterocycles. The summed E-state index contributed by atoms with van der Waals surface area (Å²) in [5.74, 6) is 0.652. The highest BCUT2D eigenvalue weighted by Gasteiger charge is 2.32. The minimum Gasteiger partial charge on any atom is -0.349 e. The van der Waals surface area contributed by atoms with E-state index in [4.69, 9.17) is 11.6 Å². The zero-order valence-electron chi connectivity index (χ0n) is 10.9. The average Bonchev–Trinajstić information content (AvgIpc) is 2.43. The zero-order valence-corrected chi connectivity index (χ0v) is 11.7. The highest BCUT2D eigenvalue weighted by atomic mass is 35.5. The summed E-state index contributed by atoms with van der Waals surface area (Å²) >= 11 is 5.84. The molecule has 2 heterocycles. The predicted molar refractivity (Wildman–Crippen MR) is 76.5 cm³/mol. The van der Waals surface area contributed by atoms with E-state index in [-0.39, 0.29) is 5.91 Å². The SMILES string of the molecule is O=C(N[C@H]1CCN2CCCC1C2)c1ccc(Cl)cc1. The Bertz CT molecular complexity index is 460. The van der Waals surface area contributed by atoms with Crippen LogP contribution in [0.4, 0.5) is 0 Å². The normalized spacial score (nSPS) is 29.8. The van der Waals surface area contributed by atoms with Crippen LogP contribution in [-0.2, 0) is 0 Å². The van der Waals surface area contributed by atoms with E-state index < -0.39 is 0 Å². The number of nitrogens with zero attached hydrogens (tertiary/aromatic N) is 1. The van der Waals surface area contributed by atoms with Gasteiger partial charge in [-0.25, -0.2) is 0 Å². The summed E-state index contributed by atoms with van der Waals surface area (Å²) in [5, 5.41) is 3.87. The number of nitrogens with one attached hydrogen (secondary N) is 1. The van der Waals surface area contributed by atoms with Crippen LogP contribution in [0.5, 0.6) is 0 Å². The fraction of sp³-hybridized carbons (Fsp3) is 0.533. The number of carbonyl (C=O) groups excluding carboxylic acids is 1. The lowest BCUT2D eigenvalue weighted by Gasteiger charge is -2.42. The van der Waals surface area contributed by atoms with Crippen LogP contribution in [0.1, 0.15) is 29.6 Å². The number of rotatable bonds is 2. The Labute approximate surface area is 118 Å². The van der Waals surface area contributed by atoms with E-state index in [2.05, 4.69) is 10.2 Å². The molecule has 0 aliphatic carbocycles.